The fourth-order valence-electron chi connectivity index (χ4n) is 1.09. The monoisotopic (exact) mass is 217 g/mol. The Kier molecular flexibility index (Phi) is 16.1. The van der Waals surface area contributed by atoms with Crippen LogP contribution in [0.3, 0.4) is 0 Å². The lowest BCUT2D eigenvalue weighted by Gasteiger charge is -2.21. The maximum atomic E-state index is 5.23. The molecule has 94 valence electrons. The minimum atomic E-state index is 0.532. The Balaban J connectivity index is 0. The van der Waals surface area contributed by atoms with Crippen molar-refractivity contribution >= 4 is 0 Å². The Morgan fingerprint density at radius 2 is 1.47 bits per heavy atom. The molecule has 0 saturated carbocycles. The van der Waals surface area contributed by atoms with Gasteiger partial charge in [-0.2, -0.15) is 5.06 Å². The Hall–Kier alpha value is -0.0800. The van der Waals surface area contributed by atoms with Gasteiger partial charge in [0.2, 0.25) is 0 Å². The topological polar surface area (TPSA) is 12.5 Å². The van der Waals surface area contributed by atoms with Crippen LogP contribution >= 0.6 is 0 Å². The zero-order chi connectivity index (χ0) is 12.1. The minimum Gasteiger partial charge on any atom is -0.299 e. The van der Waals surface area contributed by atoms with Gasteiger partial charge in [0, 0.05) is 13.1 Å². The second-order valence-electron chi connectivity index (χ2n) is 3.93. The van der Waals surface area contributed by atoms with Gasteiger partial charge in [0.1, 0.15) is 0 Å². The fourth-order valence-corrected chi connectivity index (χ4v) is 1.09. The van der Waals surface area contributed by atoms with Gasteiger partial charge in [-0.15, -0.1) is 0 Å². The molecule has 2 nitrogen and oxygen atoms in total. The van der Waals surface area contributed by atoms with Gasteiger partial charge >= 0.3 is 0 Å². The molecule has 0 radical (unpaired) electrons. The summed E-state index contributed by atoms with van der Waals surface area (Å²) in [4.78, 5) is 5.23. The first-order valence-corrected chi connectivity index (χ1v) is 6.49. The van der Waals surface area contributed by atoms with Crippen molar-refractivity contribution in [2.75, 3.05) is 13.7 Å². The second kappa shape index (κ2) is 13.9. The van der Waals surface area contributed by atoms with Gasteiger partial charge in [-0.3, -0.25) is 4.84 Å². The largest absolute Gasteiger partial charge is 0.299 e. The molecular formula is C13H31NO. The summed E-state index contributed by atoms with van der Waals surface area (Å²) in [5.74, 6) is 0. The van der Waals surface area contributed by atoms with E-state index in [2.05, 4.69) is 27.7 Å². The number of hydroxylamine groups is 2. The molecule has 0 aromatic heterocycles. The van der Waals surface area contributed by atoms with Gasteiger partial charge in [0.05, 0.1) is 6.61 Å². The summed E-state index contributed by atoms with van der Waals surface area (Å²) < 4.78 is 0. The molecule has 1 unspecified atom stereocenters. The molecule has 0 aromatic carbocycles. The molecule has 0 N–H and O–H groups in total. The van der Waals surface area contributed by atoms with Crippen LogP contribution in [0.2, 0.25) is 0 Å². The highest BCUT2D eigenvalue weighted by Crippen LogP contribution is 1.99. The van der Waals surface area contributed by atoms with Crippen molar-refractivity contribution in [3.8, 4) is 0 Å². The van der Waals surface area contributed by atoms with Crippen LogP contribution in [-0.4, -0.2) is 24.8 Å². The summed E-state index contributed by atoms with van der Waals surface area (Å²) in [6.45, 7) is 11.5. The van der Waals surface area contributed by atoms with Crippen molar-refractivity contribution in [2.45, 2.75) is 72.8 Å². The van der Waals surface area contributed by atoms with Crippen molar-refractivity contribution in [1.82, 2.24) is 5.06 Å². The van der Waals surface area contributed by atoms with Crippen LogP contribution < -0.4 is 0 Å². The van der Waals surface area contributed by atoms with E-state index in [1.807, 2.05) is 19.0 Å². The molecule has 0 saturated heterocycles. The van der Waals surface area contributed by atoms with E-state index in [-0.39, 0.29) is 0 Å². The lowest BCUT2D eigenvalue weighted by Crippen LogP contribution is -2.28. The van der Waals surface area contributed by atoms with Crippen molar-refractivity contribution < 1.29 is 4.84 Å². The third kappa shape index (κ3) is 13.9. The molecule has 0 bridgehead atoms. The summed E-state index contributed by atoms with van der Waals surface area (Å²) >= 11 is 0. The summed E-state index contributed by atoms with van der Waals surface area (Å²) in [6, 6.07) is 0.532. The molecule has 0 aliphatic heterocycles. The van der Waals surface area contributed by atoms with Crippen LogP contribution in [0.1, 0.15) is 66.7 Å². The van der Waals surface area contributed by atoms with E-state index >= 15 is 0 Å². The van der Waals surface area contributed by atoms with Crippen LogP contribution in [0.25, 0.3) is 0 Å². The molecule has 2 heteroatoms. The van der Waals surface area contributed by atoms with Gasteiger partial charge in [-0.25, -0.2) is 0 Å². The van der Waals surface area contributed by atoms with Crippen molar-refractivity contribution in [2.24, 2.45) is 0 Å². The quantitative estimate of drug-likeness (QED) is 0.467. The number of unbranched alkanes of at least 4 members (excludes halogenated alkanes) is 3. The van der Waals surface area contributed by atoms with E-state index in [0.717, 1.165) is 13.0 Å². The van der Waals surface area contributed by atoms with Crippen LogP contribution in [0, 0.1) is 0 Å². The number of nitrogens with zero attached hydrogens (tertiary/aromatic N) is 1. The third-order valence-corrected chi connectivity index (χ3v) is 2.50. The lowest BCUT2D eigenvalue weighted by molar-refractivity contribution is -0.159. The summed E-state index contributed by atoms with van der Waals surface area (Å²) in [6.07, 6.45) is 6.67. The second-order valence-corrected chi connectivity index (χ2v) is 3.93. The molecule has 0 heterocycles. The summed E-state index contributed by atoms with van der Waals surface area (Å²) in [5, 5.41) is 1.90. The molecular weight excluding hydrogens is 186 g/mol. The van der Waals surface area contributed by atoms with Gasteiger partial charge < -0.3 is 0 Å². The van der Waals surface area contributed by atoms with E-state index in [4.69, 9.17) is 4.84 Å². The van der Waals surface area contributed by atoms with Crippen molar-refractivity contribution in [3.63, 3.8) is 0 Å². The molecule has 15 heavy (non-hydrogen) atoms. The molecule has 0 fully saturated rings. The normalized spacial score (nSPS) is 12.2. The molecule has 0 amide bonds. The molecule has 0 spiro atoms. The SMILES string of the molecule is CCCCCC.CCON(C)C(C)CC. The van der Waals surface area contributed by atoms with Crippen LogP contribution in [-0.2, 0) is 4.84 Å². The lowest BCUT2D eigenvalue weighted by atomic mass is 10.2. The summed E-state index contributed by atoms with van der Waals surface area (Å²) in [7, 11) is 1.97. The number of rotatable bonds is 7. The average molecular weight is 217 g/mol. The number of hydrogen-bond acceptors (Lipinski definition) is 2. The van der Waals surface area contributed by atoms with Crippen LogP contribution in [0.4, 0.5) is 0 Å². The predicted molar refractivity (Wildman–Crippen MR) is 69.0 cm³/mol. The van der Waals surface area contributed by atoms with E-state index < -0.39 is 0 Å². The zero-order valence-electron chi connectivity index (χ0n) is 11.7. The molecule has 0 rings (SSSR count). The molecule has 0 aliphatic carbocycles. The maximum absolute atomic E-state index is 5.23. The van der Waals surface area contributed by atoms with E-state index in [1.165, 1.54) is 25.7 Å². The summed E-state index contributed by atoms with van der Waals surface area (Å²) in [5.41, 5.74) is 0. The van der Waals surface area contributed by atoms with Crippen molar-refractivity contribution in [1.29, 1.82) is 0 Å². The Morgan fingerprint density at radius 1 is 1.00 bits per heavy atom. The molecule has 1 atom stereocenters. The van der Waals surface area contributed by atoms with E-state index in [1.54, 1.807) is 0 Å². The Bertz CT molecular complexity index is 103. The maximum Gasteiger partial charge on any atom is 0.0656 e. The van der Waals surface area contributed by atoms with Crippen LogP contribution in [0.5, 0.6) is 0 Å². The fraction of sp³-hybridized carbons (Fsp3) is 1.00. The molecule has 0 aromatic rings. The van der Waals surface area contributed by atoms with E-state index in [0.29, 0.717) is 6.04 Å². The number of hydrogen-bond donors (Lipinski definition) is 0. The smallest absolute Gasteiger partial charge is 0.0656 e. The Morgan fingerprint density at radius 3 is 1.73 bits per heavy atom. The first-order chi connectivity index (χ1) is 7.13. The van der Waals surface area contributed by atoms with Crippen molar-refractivity contribution in [3.05, 3.63) is 0 Å². The standard InChI is InChI=1S/C7H17NO.C6H14/c1-5-7(3)8(4)9-6-2;1-3-5-6-4-2/h7H,5-6H2,1-4H3;3-6H2,1-2H3. The first-order valence-electron chi connectivity index (χ1n) is 6.49. The first kappa shape index (κ1) is 17.3. The van der Waals surface area contributed by atoms with Gasteiger partial charge in [-0.1, -0.05) is 46.5 Å². The average Bonchev–Trinajstić information content (AvgIpc) is 2.26. The highest BCUT2D eigenvalue weighted by molar-refractivity contribution is 4.50. The van der Waals surface area contributed by atoms with Crippen LogP contribution in [0.15, 0.2) is 0 Å². The highest BCUT2D eigenvalue weighted by Gasteiger charge is 2.04. The minimum absolute atomic E-state index is 0.532. The highest BCUT2D eigenvalue weighted by atomic mass is 16.7. The van der Waals surface area contributed by atoms with Gasteiger partial charge in [0.25, 0.3) is 0 Å². The van der Waals surface area contributed by atoms with E-state index in [9.17, 15) is 0 Å². The predicted octanol–water partition coefficient (Wildman–Crippen LogP) is 4.25. The Labute approximate surface area is 97.0 Å². The molecule has 0 aliphatic rings. The third-order valence-electron chi connectivity index (χ3n) is 2.50. The van der Waals surface area contributed by atoms with Gasteiger partial charge in [-0.05, 0) is 20.3 Å². The zero-order valence-corrected chi connectivity index (χ0v) is 11.7. The van der Waals surface area contributed by atoms with Gasteiger partial charge in [0.15, 0.2) is 0 Å².